The number of ether oxygens (including phenoxy) is 2. The van der Waals surface area contributed by atoms with Crippen LogP contribution in [0.4, 0.5) is 5.69 Å². The van der Waals surface area contributed by atoms with Crippen molar-refractivity contribution in [2.24, 2.45) is 0 Å². The van der Waals surface area contributed by atoms with Gasteiger partial charge in [0.2, 0.25) is 5.91 Å². The highest BCUT2D eigenvalue weighted by Gasteiger charge is 2.06. The molecule has 1 aromatic carbocycles. The van der Waals surface area contributed by atoms with Gasteiger partial charge < -0.3 is 14.8 Å². The van der Waals surface area contributed by atoms with Crippen molar-refractivity contribution >= 4 is 11.6 Å². The zero-order valence-corrected chi connectivity index (χ0v) is 8.74. The average Bonchev–Trinajstić information content (AvgIpc) is 2.29. The van der Waals surface area contributed by atoms with E-state index in [1.165, 1.54) is 13.2 Å². The van der Waals surface area contributed by atoms with Gasteiger partial charge in [-0.25, -0.2) is 0 Å². The van der Waals surface area contributed by atoms with E-state index >= 15 is 0 Å². The predicted octanol–water partition coefficient (Wildman–Crippen LogP) is 1.83. The highest BCUT2D eigenvalue weighted by Crippen LogP contribution is 2.28. The SMILES string of the molecule is C=CC(=O)Nc1ccc(OC)cc1OC. The number of methoxy groups -OCH3 is 2. The Bertz CT molecular complexity index is 374. The Kier molecular flexibility index (Phi) is 3.74. The molecule has 0 aliphatic carbocycles. The highest BCUT2D eigenvalue weighted by atomic mass is 16.5. The lowest BCUT2D eigenvalue weighted by molar-refractivity contribution is -0.111. The molecule has 4 heteroatoms. The number of nitrogens with one attached hydrogen (secondary N) is 1. The smallest absolute Gasteiger partial charge is 0.247 e. The molecule has 0 unspecified atom stereocenters. The molecular formula is C11H13NO3. The summed E-state index contributed by atoms with van der Waals surface area (Å²) in [4.78, 5) is 11.1. The molecule has 1 amide bonds. The van der Waals surface area contributed by atoms with Crippen molar-refractivity contribution in [3.63, 3.8) is 0 Å². The van der Waals surface area contributed by atoms with Crippen LogP contribution in [0.1, 0.15) is 0 Å². The monoisotopic (exact) mass is 207 g/mol. The van der Waals surface area contributed by atoms with Gasteiger partial charge in [0.25, 0.3) is 0 Å². The van der Waals surface area contributed by atoms with Gasteiger partial charge in [0.05, 0.1) is 19.9 Å². The van der Waals surface area contributed by atoms with Crippen LogP contribution < -0.4 is 14.8 Å². The van der Waals surface area contributed by atoms with Gasteiger partial charge in [0.1, 0.15) is 11.5 Å². The van der Waals surface area contributed by atoms with E-state index in [1.807, 2.05) is 0 Å². The van der Waals surface area contributed by atoms with Crippen LogP contribution in [0.2, 0.25) is 0 Å². The summed E-state index contributed by atoms with van der Waals surface area (Å²) in [5, 5.41) is 2.62. The normalized spacial score (nSPS) is 9.20. The van der Waals surface area contributed by atoms with Gasteiger partial charge in [-0.2, -0.15) is 0 Å². The maximum Gasteiger partial charge on any atom is 0.247 e. The third-order valence-corrected chi connectivity index (χ3v) is 1.85. The number of benzene rings is 1. The minimum atomic E-state index is -0.279. The standard InChI is InChI=1S/C11H13NO3/c1-4-11(13)12-9-6-5-8(14-2)7-10(9)15-3/h4-7H,1H2,2-3H3,(H,12,13). The third-order valence-electron chi connectivity index (χ3n) is 1.85. The van der Waals surface area contributed by atoms with Crippen molar-refractivity contribution in [3.05, 3.63) is 30.9 Å². The fraction of sp³-hybridized carbons (Fsp3) is 0.182. The van der Waals surface area contributed by atoms with E-state index in [1.54, 1.807) is 25.3 Å². The van der Waals surface area contributed by atoms with Crippen LogP contribution in [0.3, 0.4) is 0 Å². The number of amides is 1. The Morgan fingerprint density at radius 2 is 2.13 bits per heavy atom. The molecule has 0 atom stereocenters. The van der Waals surface area contributed by atoms with Gasteiger partial charge in [-0.05, 0) is 18.2 Å². The number of hydrogen-bond donors (Lipinski definition) is 1. The summed E-state index contributed by atoms with van der Waals surface area (Å²) in [5.74, 6) is 0.937. The molecule has 0 bridgehead atoms. The first-order valence-corrected chi connectivity index (χ1v) is 4.36. The Balaban J connectivity index is 2.96. The molecule has 0 heterocycles. The maximum atomic E-state index is 11.1. The molecule has 0 fully saturated rings. The number of anilines is 1. The molecular weight excluding hydrogens is 194 g/mol. The highest BCUT2D eigenvalue weighted by molar-refractivity contribution is 5.99. The molecule has 1 aromatic rings. The van der Waals surface area contributed by atoms with Crippen LogP contribution in [0.25, 0.3) is 0 Å². The molecule has 1 rings (SSSR count). The molecule has 0 radical (unpaired) electrons. The van der Waals surface area contributed by atoms with E-state index in [-0.39, 0.29) is 5.91 Å². The van der Waals surface area contributed by atoms with Crippen LogP contribution in [-0.2, 0) is 4.79 Å². The number of rotatable bonds is 4. The van der Waals surface area contributed by atoms with Crippen molar-refractivity contribution in [3.8, 4) is 11.5 Å². The number of hydrogen-bond acceptors (Lipinski definition) is 3. The molecule has 0 aliphatic heterocycles. The zero-order valence-electron chi connectivity index (χ0n) is 8.74. The molecule has 15 heavy (non-hydrogen) atoms. The van der Waals surface area contributed by atoms with Crippen LogP contribution >= 0.6 is 0 Å². The second kappa shape index (κ2) is 5.05. The van der Waals surface area contributed by atoms with Crippen LogP contribution in [-0.4, -0.2) is 20.1 Å². The van der Waals surface area contributed by atoms with E-state index in [4.69, 9.17) is 9.47 Å². The number of carbonyl (C=O) groups excluding carboxylic acids is 1. The fourth-order valence-corrected chi connectivity index (χ4v) is 1.09. The van der Waals surface area contributed by atoms with Crippen LogP contribution in [0.5, 0.6) is 11.5 Å². The summed E-state index contributed by atoms with van der Waals surface area (Å²) in [6.07, 6.45) is 1.20. The van der Waals surface area contributed by atoms with Gasteiger partial charge in [-0.1, -0.05) is 6.58 Å². The molecule has 80 valence electrons. The van der Waals surface area contributed by atoms with E-state index in [0.29, 0.717) is 17.2 Å². The lowest BCUT2D eigenvalue weighted by Gasteiger charge is -2.10. The fourth-order valence-electron chi connectivity index (χ4n) is 1.09. The summed E-state index contributed by atoms with van der Waals surface area (Å²) >= 11 is 0. The topological polar surface area (TPSA) is 47.6 Å². The first kappa shape index (κ1) is 11.1. The van der Waals surface area contributed by atoms with Crippen molar-refractivity contribution in [2.45, 2.75) is 0 Å². The predicted molar refractivity (Wildman–Crippen MR) is 58.4 cm³/mol. The van der Waals surface area contributed by atoms with Crippen molar-refractivity contribution in [1.29, 1.82) is 0 Å². The molecule has 0 saturated heterocycles. The Morgan fingerprint density at radius 3 is 2.67 bits per heavy atom. The average molecular weight is 207 g/mol. The summed E-state index contributed by atoms with van der Waals surface area (Å²) in [6.45, 7) is 3.37. The molecule has 4 nitrogen and oxygen atoms in total. The van der Waals surface area contributed by atoms with E-state index in [2.05, 4.69) is 11.9 Å². The lowest BCUT2D eigenvalue weighted by Crippen LogP contribution is -2.08. The Hall–Kier alpha value is -1.97. The van der Waals surface area contributed by atoms with E-state index < -0.39 is 0 Å². The largest absolute Gasteiger partial charge is 0.497 e. The van der Waals surface area contributed by atoms with Crippen molar-refractivity contribution < 1.29 is 14.3 Å². The first-order chi connectivity index (χ1) is 7.21. The molecule has 0 aromatic heterocycles. The van der Waals surface area contributed by atoms with Gasteiger partial charge in [-0.3, -0.25) is 4.79 Å². The number of carbonyl (C=O) groups is 1. The minimum Gasteiger partial charge on any atom is -0.497 e. The molecule has 1 N–H and O–H groups in total. The van der Waals surface area contributed by atoms with Gasteiger partial charge >= 0.3 is 0 Å². The zero-order chi connectivity index (χ0) is 11.3. The second-order valence-electron chi connectivity index (χ2n) is 2.76. The molecule has 0 aliphatic rings. The summed E-state index contributed by atoms with van der Waals surface area (Å²) < 4.78 is 10.1. The van der Waals surface area contributed by atoms with E-state index in [9.17, 15) is 4.79 Å². The van der Waals surface area contributed by atoms with Crippen molar-refractivity contribution in [1.82, 2.24) is 0 Å². The quantitative estimate of drug-likeness (QED) is 0.766. The molecule has 0 spiro atoms. The van der Waals surface area contributed by atoms with E-state index in [0.717, 1.165) is 0 Å². The Morgan fingerprint density at radius 1 is 1.40 bits per heavy atom. The lowest BCUT2D eigenvalue weighted by atomic mass is 10.2. The van der Waals surface area contributed by atoms with Gasteiger partial charge in [0, 0.05) is 6.07 Å². The van der Waals surface area contributed by atoms with Crippen LogP contribution in [0.15, 0.2) is 30.9 Å². The first-order valence-electron chi connectivity index (χ1n) is 4.36. The minimum absolute atomic E-state index is 0.279. The van der Waals surface area contributed by atoms with Crippen molar-refractivity contribution in [2.75, 3.05) is 19.5 Å². The summed E-state index contributed by atoms with van der Waals surface area (Å²) in [5.41, 5.74) is 0.586. The maximum absolute atomic E-state index is 11.1. The van der Waals surface area contributed by atoms with Gasteiger partial charge in [-0.15, -0.1) is 0 Å². The third kappa shape index (κ3) is 2.74. The Labute approximate surface area is 88.5 Å². The second-order valence-corrected chi connectivity index (χ2v) is 2.76. The molecule has 0 saturated carbocycles. The summed E-state index contributed by atoms with van der Waals surface area (Å²) in [7, 11) is 3.09. The summed E-state index contributed by atoms with van der Waals surface area (Å²) in [6, 6.07) is 5.14. The van der Waals surface area contributed by atoms with Gasteiger partial charge in [0.15, 0.2) is 0 Å². The van der Waals surface area contributed by atoms with Crippen LogP contribution in [0, 0.1) is 0 Å².